The van der Waals surface area contributed by atoms with Crippen molar-refractivity contribution in [2.24, 2.45) is 10.9 Å². The molecule has 0 bridgehead atoms. The zero-order valence-electron chi connectivity index (χ0n) is 19.4. The summed E-state index contributed by atoms with van der Waals surface area (Å²) in [7, 11) is 0. The Bertz CT molecular complexity index is 779. The average Bonchev–Trinajstić information content (AvgIpc) is 3.10. The lowest BCUT2D eigenvalue weighted by atomic mass is 10.2. The zero-order valence-corrected chi connectivity index (χ0v) is 22.5. The van der Waals surface area contributed by atoms with Gasteiger partial charge in [-0.2, -0.15) is 0 Å². The van der Waals surface area contributed by atoms with E-state index >= 15 is 0 Å². The van der Waals surface area contributed by atoms with Crippen LogP contribution in [0.2, 0.25) is 0 Å². The van der Waals surface area contributed by atoms with Gasteiger partial charge >= 0.3 is 0 Å². The van der Waals surface area contributed by atoms with Crippen molar-refractivity contribution in [3.05, 3.63) is 35.7 Å². The number of benzene rings is 1. The number of aryl methyl sites for hydroxylation is 2. The van der Waals surface area contributed by atoms with Gasteiger partial charge in [0.05, 0.1) is 6.54 Å². The number of nitrogens with one attached hydrogen (secondary N) is 2. The molecule has 0 saturated heterocycles. The van der Waals surface area contributed by atoms with Crippen LogP contribution in [0.4, 0.5) is 0 Å². The Morgan fingerprint density at radius 3 is 2.58 bits per heavy atom. The van der Waals surface area contributed by atoms with E-state index in [1.807, 2.05) is 18.4 Å². The Kier molecular flexibility index (Phi) is 13.6. The molecule has 2 rings (SSSR count). The molecule has 2 aromatic rings. The fraction of sp³-hybridized carbons (Fsp3) is 0.591. The third kappa shape index (κ3) is 10.1. The molecule has 0 aliphatic rings. The van der Waals surface area contributed by atoms with Gasteiger partial charge in [0.2, 0.25) is 0 Å². The molecule has 31 heavy (non-hydrogen) atoms. The molecule has 0 radical (unpaired) electrons. The maximum atomic E-state index is 5.77. The largest absolute Gasteiger partial charge is 0.492 e. The highest BCUT2D eigenvalue weighted by atomic mass is 127. The quantitative estimate of drug-likeness (QED) is 0.134. The molecule has 0 spiro atoms. The molecule has 1 aromatic heterocycles. The van der Waals surface area contributed by atoms with E-state index in [4.69, 9.17) is 4.74 Å². The van der Waals surface area contributed by atoms with E-state index < -0.39 is 0 Å². The minimum absolute atomic E-state index is 0. The van der Waals surface area contributed by atoms with Crippen molar-refractivity contribution < 1.29 is 4.74 Å². The van der Waals surface area contributed by atoms with Crippen LogP contribution >= 0.6 is 35.7 Å². The summed E-state index contributed by atoms with van der Waals surface area (Å²) in [5.41, 5.74) is 1.23. The van der Waals surface area contributed by atoms with Gasteiger partial charge < -0.3 is 19.9 Å². The number of thioether (sulfide) groups is 1. The lowest BCUT2D eigenvalue weighted by Gasteiger charge is -2.13. The minimum Gasteiger partial charge on any atom is -0.492 e. The summed E-state index contributed by atoms with van der Waals surface area (Å²) in [6.45, 7) is 12.4. The normalized spacial score (nSPS) is 11.4. The number of hydrogen-bond acceptors (Lipinski definition) is 5. The first kappa shape index (κ1) is 27.5. The van der Waals surface area contributed by atoms with Crippen molar-refractivity contribution in [1.82, 2.24) is 25.4 Å². The Hall–Kier alpha value is -1.49. The van der Waals surface area contributed by atoms with Crippen LogP contribution in [-0.4, -0.2) is 53.2 Å². The van der Waals surface area contributed by atoms with Crippen molar-refractivity contribution in [2.75, 3.05) is 32.5 Å². The molecule has 0 amide bonds. The Labute approximate surface area is 208 Å². The number of aromatic nitrogens is 3. The first-order valence-corrected chi connectivity index (χ1v) is 11.9. The molecule has 0 fully saturated rings. The molecule has 1 heterocycles. The second-order valence-electron chi connectivity index (χ2n) is 7.56. The molecular weight excluding hydrogens is 523 g/mol. The molecule has 0 aliphatic heterocycles. The number of halogens is 1. The van der Waals surface area contributed by atoms with Crippen LogP contribution in [0.5, 0.6) is 5.75 Å². The predicted molar refractivity (Wildman–Crippen MR) is 141 cm³/mol. The second kappa shape index (κ2) is 15.3. The second-order valence-corrected chi connectivity index (χ2v) is 8.33. The molecule has 7 nitrogen and oxygen atoms in total. The van der Waals surface area contributed by atoms with E-state index in [-0.39, 0.29) is 24.0 Å². The van der Waals surface area contributed by atoms with E-state index in [1.165, 1.54) is 5.56 Å². The summed E-state index contributed by atoms with van der Waals surface area (Å²) in [6.07, 6.45) is 3.85. The highest BCUT2D eigenvalue weighted by Crippen LogP contribution is 2.16. The molecule has 9 heteroatoms. The van der Waals surface area contributed by atoms with Gasteiger partial charge in [-0.05, 0) is 44.6 Å². The third-order valence-electron chi connectivity index (χ3n) is 4.38. The van der Waals surface area contributed by atoms with Crippen molar-refractivity contribution in [2.45, 2.75) is 52.2 Å². The molecule has 2 N–H and O–H groups in total. The van der Waals surface area contributed by atoms with Gasteiger partial charge in [0.1, 0.15) is 18.2 Å². The molecular formula is C22H37IN6OS. The average molecular weight is 561 g/mol. The summed E-state index contributed by atoms with van der Waals surface area (Å²) in [4.78, 5) is 4.68. The predicted octanol–water partition coefficient (Wildman–Crippen LogP) is 4.15. The van der Waals surface area contributed by atoms with Crippen LogP contribution in [0.25, 0.3) is 0 Å². The van der Waals surface area contributed by atoms with Gasteiger partial charge in [-0.15, -0.1) is 34.2 Å². The Morgan fingerprint density at radius 2 is 1.94 bits per heavy atom. The molecule has 1 aromatic carbocycles. The zero-order chi connectivity index (χ0) is 21.8. The number of nitrogens with zero attached hydrogens (tertiary/aromatic N) is 4. The summed E-state index contributed by atoms with van der Waals surface area (Å²) < 4.78 is 8.01. The van der Waals surface area contributed by atoms with Crippen molar-refractivity contribution in [1.29, 1.82) is 0 Å². The van der Waals surface area contributed by atoms with Crippen LogP contribution in [-0.2, 0) is 13.0 Å². The monoisotopic (exact) mass is 560 g/mol. The number of aliphatic imine (C=N–C) groups is 1. The molecule has 0 aliphatic carbocycles. The maximum absolute atomic E-state index is 5.77. The Morgan fingerprint density at radius 1 is 1.19 bits per heavy atom. The van der Waals surface area contributed by atoms with Crippen LogP contribution in [0.3, 0.4) is 0 Å². The highest BCUT2D eigenvalue weighted by Gasteiger charge is 2.12. The van der Waals surface area contributed by atoms with Gasteiger partial charge in [0, 0.05) is 26.1 Å². The van der Waals surface area contributed by atoms with Gasteiger partial charge in [0.25, 0.3) is 0 Å². The molecule has 0 saturated carbocycles. The van der Waals surface area contributed by atoms with Crippen molar-refractivity contribution >= 4 is 41.7 Å². The van der Waals surface area contributed by atoms with Crippen molar-refractivity contribution in [3.63, 3.8) is 0 Å². The Balaban J connectivity index is 0.00000480. The van der Waals surface area contributed by atoms with Gasteiger partial charge in [-0.25, -0.2) is 0 Å². The SMILES string of the molecule is CCNC(=NCCCc1nnc(SC)n1CC(C)C)NCCOc1ccc(C)cc1.I. The van der Waals surface area contributed by atoms with E-state index in [1.54, 1.807) is 11.8 Å². The van der Waals surface area contributed by atoms with Gasteiger partial charge in [0.15, 0.2) is 11.1 Å². The molecule has 0 unspecified atom stereocenters. The smallest absolute Gasteiger partial charge is 0.191 e. The summed E-state index contributed by atoms with van der Waals surface area (Å²) in [5, 5.41) is 16.3. The number of hydrogen-bond donors (Lipinski definition) is 2. The first-order chi connectivity index (χ1) is 14.5. The number of ether oxygens (including phenoxy) is 1. The summed E-state index contributed by atoms with van der Waals surface area (Å²) in [6, 6.07) is 8.10. The van der Waals surface area contributed by atoms with Crippen LogP contribution < -0.4 is 15.4 Å². The summed E-state index contributed by atoms with van der Waals surface area (Å²) in [5.74, 6) is 3.32. The third-order valence-corrected chi connectivity index (χ3v) is 5.05. The maximum Gasteiger partial charge on any atom is 0.191 e. The lowest BCUT2D eigenvalue weighted by molar-refractivity contribution is 0.322. The van der Waals surface area contributed by atoms with Crippen molar-refractivity contribution in [3.8, 4) is 5.75 Å². The van der Waals surface area contributed by atoms with Gasteiger partial charge in [-0.1, -0.05) is 43.3 Å². The number of guanidine groups is 1. The van der Waals surface area contributed by atoms with Crippen LogP contribution in [0.1, 0.15) is 38.6 Å². The molecule has 0 atom stereocenters. The van der Waals surface area contributed by atoms with E-state index in [9.17, 15) is 0 Å². The van der Waals surface area contributed by atoms with E-state index in [0.29, 0.717) is 19.1 Å². The van der Waals surface area contributed by atoms with Crippen LogP contribution in [0, 0.1) is 12.8 Å². The lowest BCUT2D eigenvalue weighted by Crippen LogP contribution is -2.39. The van der Waals surface area contributed by atoms with E-state index in [0.717, 1.165) is 55.2 Å². The topological polar surface area (TPSA) is 76.4 Å². The fourth-order valence-corrected chi connectivity index (χ4v) is 3.47. The fourth-order valence-electron chi connectivity index (χ4n) is 2.95. The first-order valence-electron chi connectivity index (χ1n) is 10.7. The van der Waals surface area contributed by atoms with Gasteiger partial charge in [-0.3, -0.25) is 4.99 Å². The highest BCUT2D eigenvalue weighted by molar-refractivity contribution is 14.0. The van der Waals surface area contributed by atoms with Crippen LogP contribution in [0.15, 0.2) is 34.4 Å². The molecule has 174 valence electrons. The standard InChI is InChI=1S/C22H36N6OS.HI/c1-6-23-21(25-14-15-29-19-11-9-18(4)10-12-19)24-13-7-8-20-26-27-22(30-5)28(20)16-17(2)3;/h9-12,17H,6-8,13-16H2,1-5H3,(H2,23,24,25);1H. The minimum atomic E-state index is 0. The number of rotatable bonds is 12. The summed E-state index contributed by atoms with van der Waals surface area (Å²) >= 11 is 1.65. The van der Waals surface area contributed by atoms with E-state index in [2.05, 4.69) is 70.2 Å².